The summed E-state index contributed by atoms with van der Waals surface area (Å²) >= 11 is 0. The Labute approximate surface area is 243 Å². The molecule has 1 fully saturated rings. The van der Waals surface area contributed by atoms with Crippen LogP contribution in [-0.4, -0.2) is 52.1 Å². The first kappa shape index (κ1) is 31.5. The molecule has 8 heteroatoms. The van der Waals surface area contributed by atoms with Crippen molar-refractivity contribution in [3.05, 3.63) is 65.2 Å². The maximum atomic E-state index is 14.4. The summed E-state index contributed by atoms with van der Waals surface area (Å²) in [6.07, 6.45) is 10.8. The van der Waals surface area contributed by atoms with Crippen molar-refractivity contribution in [2.45, 2.75) is 96.4 Å². The zero-order valence-corrected chi connectivity index (χ0v) is 24.6. The number of nitrogens with zero attached hydrogens (tertiary/aromatic N) is 1. The molecule has 2 aromatic rings. The summed E-state index contributed by atoms with van der Waals surface area (Å²) < 4.78 is 5.48. The van der Waals surface area contributed by atoms with E-state index in [1.54, 1.807) is 57.2 Å². The van der Waals surface area contributed by atoms with Crippen molar-refractivity contribution in [2.24, 2.45) is 0 Å². The van der Waals surface area contributed by atoms with Crippen molar-refractivity contribution in [1.82, 2.24) is 15.5 Å². The molecule has 220 valence electrons. The van der Waals surface area contributed by atoms with Gasteiger partial charge in [-0.1, -0.05) is 62.4 Å². The molecule has 3 N–H and O–H groups in total. The van der Waals surface area contributed by atoms with Crippen LogP contribution in [-0.2, 0) is 20.7 Å². The number of nitrogens with one attached hydrogen (secondary N) is 2. The highest BCUT2D eigenvalue weighted by Crippen LogP contribution is 2.28. The van der Waals surface area contributed by atoms with Crippen molar-refractivity contribution in [3.8, 4) is 18.1 Å². The lowest BCUT2D eigenvalue weighted by molar-refractivity contribution is -0.142. The van der Waals surface area contributed by atoms with Crippen molar-refractivity contribution in [3.63, 3.8) is 0 Å². The van der Waals surface area contributed by atoms with Gasteiger partial charge in [0.05, 0.1) is 0 Å². The van der Waals surface area contributed by atoms with Crippen LogP contribution in [0.25, 0.3) is 0 Å². The molecule has 1 aliphatic rings. The van der Waals surface area contributed by atoms with Gasteiger partial charge in [-0.3, -0.25) is 9.59 Å². The third-order valence-electron chi connectivity index (χ3n) is 7.04. The summed E-state index contributed by atoms with van der Waals surface area (Å²) in [5.41, 5.74) is 1.04. The van der Waals surface area contributed by atoms with Crippen LogP contribution in [0.2, 0.25) is 0 Å². The zero-order chi connectivity index (χ0) is 30.0. The lowest BCUT2D eigenvalue weighted by Crippen LogP contribution is -2.54. The number of carbonyl (C=O) groups excluding carboxylic acids is 3. The Hall–Kier alpha value is -3.99. The average Bonchev–Trinajstić information content (AvgIpc) is 2.93. The van der Waals surface area contributed by atoms with E-state index in [1.165, 1.54) is 17.0 Å². The van der Waals surface area contributed by atoms with Crippen LogP contribution in [0.1, 0.15) is 89.0 Å². The van der Waals surface area contributed by atoms with E-state index in [-0.39, 0.29) is 30.7 Å². The molecule has 0 aliphatic heterocycles. The molecule has 2 unspecified atom stereocenters. The fourth-order valence-electron chi connectivity index (χ4n) is 5.17. The van der Waals surface area contributed by atoms with Gasteiger partial charge < -0.3 is 25.4 Å². The lowest BCUT2D eigenvalue weighted by atomic mass is 9.93. The summed E-state index contributed by atoms with van der Waals surface area (Å²) in [7, 11) is 0. The van der Waals surface area contributed by atoms with Crippen LogP contribution in [0.4, 0.5) is 4.79 Å². The standard InChI is InChI=1S/C33H43N3O5/c1-6-21-36(29(27-16-12-11-13-24(27)7-2)30(38)34-25-14-9-8-10-15-25)31(39)28(35-32(40)41-33(3,4)5)22-23-17-19-26(37)20-18-23/h2,11-13,16-20,25,28-29,37H,6,8-10,14-15,21-22H2,1,3-5H3,(H,34,38)(H,35,40). The predicted octanol–water partition coefficient (Wildman–Crippen LogP) is 5.24. The number of amides is 3. The van der Waals surface area contributed by atoms with E-state index < -0.39 is 29.7 Å². The second-order valence-corrected chi connectivity index (χ2v) is 11.6. The minimum Gasteiger partial charge on any atom is -0.508 e. The van der Waals surface area contributed by atoms with Crippen LogP contribution >= 0.6 is 0 Å². The Morgan fingerprint density at radius 1 is 1.07 bits per heavy atom. The molecule has 3 rings (SSSR count). The van der Waals surface area contributed by atoms with E-state index >= 15 is 0 Å². The second-order valence-electron chi connectivity index (χ2n) is 11.6. The van der Waals surface area contributed by atoms with Gasteiger partial charge in [-0.05, 0) is 69.4 Å². The third kappa shape index (κ3) is 9.28. The van der Waals surface area contributed by atoms with Crippen LogP contribution < -0.4 is 10.6 Å². The molecular formula is C33H43N3O5. The van der Waals surface area contributed by atoms with Crippen LogP contribution in [0.5, 0.6) is 5.75 Å². The number of ether oxygens (including phenoxy) is 1. The number of carbonyl (C=O) groups is 3. The highest BCUT2D eigenvalue weighted by Gasteiger charge is 2.37. The normalized spacial score (nSPS) is 15.2. The SMILES string of the molecule is C#Cc1ccccc1C(C(=O)NC1CCCCC1)N(CCC)C(=O)C(Cc1ccc(O)cc1)NC(=O)OC(C)(C)C. The van der Waals surface area contributed by atoms with E-state index in [9.17, 15) is 19.5 Å². The van der Waals surface area contributed by atoms with Gasteiger partial charge in [-0.15, -0.1) is 6.42 Å². The molecule has 0 heterocycles. The number of rotatable bonds is 10. The van der Waals surface area contributed by atoms with E-state index in [0.717, 1.165) is 37.7 Å². The van der Waals surface area contributed by atoms with Gasteiger partial charge in [0.15, 0.2) is 0 Å². The van der Waals surface area contributed by atoms with Crippen molar-refractivity contribution < 1.29 is 24.2 Å². The largest absolute Gasteiger partial charge is 0.508 e. The van der Waals surface area contributed by atoms with Crippen molar-refractivity contribution >= 4 is 17.9 Å². The fourth-order valence-corrected chi connectivity index (χ4v) is 5.17. The third-order valence-corrected chi connectivity index (χ3v) is 7.04. The zero-order valence-electron chi connectivity index (χ0n) is 24.6. The maximum Gasteiger partial charge on any atom is 0.408 e. The average molecular weight is 562 g/mol. The molecule has 2 atom stereocenters. The van der Waals surface area contributed by atoms with E-state index in [0.29, 0.717) is 17.5 Å². The van der Waals surface area contributed by atoms with Gasteiger partial charge in [-0.2, -0.15) is 0 Å². The number of phenolic OH excluding ortho intramolecular Hbond substituents is 1. The number of phenols is 1. The summed E-state index contributed by atoms with van der Waals surface area (Å²) in [5, 5.41) is 15.7. The smallest absolute Gasteiger partial charge is 0.408 e. The number of terminal acetylenes is 1. The Bertz CT molecular complexity index is 1220. The Balaban J connectivity index is 2.03. The number of hydrogen-bond donors (Lipinski definition) is 3. The quantitative estimate of drug-likeness (QED) is 0.344. The fraction of sp³-hybridized carbons (Fsp3) is 0.485. The highest BCUT2D eigenvalue weighted by molar-refractivity contribution is 5.92. The van der Waals surface area contributed by atoms with Gasteiger partial charge in [0.2, 0.25) is 11.8 Å². The molecular weight excluding hydrogens is 518 g/mol. The Kier molecular flexibility index (Phi) is 11.2. The molecule has 0 aromatic heterocycles. The molecule has 1 saturated carbocycles. The van der Waals surface area contributed by atoms with Gasteiger partial charge in [-0.25, -0.2) is 4.79 Å². The van der Waals surface area contributed by atoms with Crippen LogP contribution in [0.3, 0.4) is 0 Å². The topological polar surface area (TPSA) is 108 Å². The molecule has 41 heavy (non-hydrogen) atoms. The van der Waals surface area contributed by atoms with Gasteiger partial charge >= 0.3 is 6.09 Å². The van der Waals surface area contributed by atoms with Gasteiger partial charge in [0.1, 0.15) is 23.4 Å². The van der Waals surface area contributed by atoms with Crippen LogP contribution in [0.15, 0.2) is 48.5 Å². The lowest BCUT2D eigenvalue weighted by Gasteiger charge is -2.36. The monoisotopic (exact) mass is 561 g/mol. The van der Waals surface area contributed by atoms with Gasteiger partial charge in [0.25, 0.3) is 0 Å². The molecule has 0 saturated heterocycles. The molecule has 1 aliphatic carbocycles. The molecule has 0 spiro atoms. The minimum atomic E-state index is -1.04. The van der Waals surface area contributed by atoms with Crippen molar-refractivity contribution in [1.29, 1.82) is 0 Å². The molecule has 2 aromatic carbocycles. The van der Waals surface area contributed by atoms with Crippen LogP contribution in [0, 0.1) is 12.3 Å². The first-order valence-corrected chi connectivity index (χ1v) is 14.5. The maximum absolute atomic E-state index is 14.4. The summed E-state index contributed by atoms with van der Waals surface area (Å²) in [6, 6.07) is 11.6. The molecule has 8 nitrogen and oxygen atoms in total. The van der Waals surface area contributed by atoms with E-state index in [4.69, 9.17) is 11.2 Å². The number of alkyl carbamates (subject to hydrolysis) is 1. The number of benzene rings is 2. The molecule has 0 bridgehead atoms. The summed E-state index contributed by atoms with van der Waals surface area (Å²) in [5.74, 6) is 2.04. The minimum absolute atomic E-state index is 0.0306. The second kappa shape index (κ2) is 14.6. The predicted molar refractivity (Wildman–Crippen MR) is 159 cm³/mol. The first-order valence-electron chi connectivity index (χ1n) is 14.5. The molecule has 0 radical (unpaired) electrons. The van der Waals surface area contributed by atoms with E-state index in [1.807, 2.05) is 6.92 Å². The van der Waals surface area contributed by atoms with E-state index in [2.05, 4.69) is 16.6 Å². The number of aromatic hydroxyl groups is 1. The van der Waals surface area contributed by atoms with Crippen molar-refractivity contribution in [2.75, 3.05) is 6.54 Å². The highest BCUT2D eigenvalue weighted by atomic mass is 16.6. The van der Waals surface area contributed by atoms with Gasteiger partial charge in [0, 0.05) is 24.6 Å². The Morgan fingerprint density at radius 3 is 2.34 bits per heavy atom. The first-order chi connectivity index (χ1) is 19.5. The molecule has 3 amide bonds. The number of hydrogen-bond acceptors (Lipinski definition) is 5. The summed E-state index contributed by atoms with van der Waals surface area (Å²) in [6.45, 7) is 7.43. The summed E-state index contributed by atoms with van der Waals surface area (Å²) in [4.78, 5) is 42.8. The Morgan fingerprint density at radius 2 is 1.73 bits per heavy atom.